The van der Waals surface area contributed by atoms with E-state index in [1.807, 2.05) is 30.3 Å². The molecule has 0 saturated heterocycles. The topological polar surface area (TPSA) is 92.4 Å². The van der Waals surface area contributed by atoms with Crippen molar-refractivity contribution in [2.24, 2.45) is 11.1 Å². The lowest BCUT2D eigenvalue weighted by molar-refractivity contribution is -0.142. The number of hydrogen-bond donors (Lipinski definition) is 3. The number of amides is 1. The van der Waals surface area contributed by atoms with Crippen LogP contribution in [-0.4, -0.2) is 29.6 Å². The van der Waals surface area contributed by atoms with Gasteiger partial charge in [0.05, 0.1) is 5.41 Å². The van der Waals surface area contributed by atoms with Crippen molar-refractivity contribution in [3.63, 3.8) is 0 Å². The number of rotatable bonds is 7. The van der Waals surface area contributed by atoms with Gasteiger partial charge in [-0.3, -0.25) is 4.79 Å². The van der Waals surface area contributed by atoms with E-state index < -0.39 is 17.4 Å². The maximum absolute atomic E-state index is 12.0. The van der Waals surface area contributed by atoms with Crippen LogP contribution in [0, 0.1) is 5.41 Å². The van der Waals surface area contributed by atoms with Crippen LogP contribution in [0.5, 0.6) is 0 Å². The van der Waals surface area contributed by atoms with E-state index in [9.17, 15) is 14.7 Å². The molecule has 0 aliphatic heterocycles. The lowest BCUT2D eigenvalue weighted by Gasteiger charge is -2.18. The van der Waals surface area contributed by atoms with Crippen molar-refractivity contribution in [1.82, 2.24) is 5.32 Å². The molecule has 20 heavy (non-hydrogen) atoms. The number of benzene rings is 1. The van der Waals surface area contributed by atoms with Crippen LogP contribution >= 0.6 is 0 Å². The molecule has 1 fully saturated rings. The summed E-state index contributed by atoms with van der Waals surface area (Å²) < 4.78 is 0. The molecule has 5 nitrogen and oxygen atoms in total. The molecule has 0 unspecified atom stereocenters. The van der Waals surface area contributed by atoms with E-state index in [4.69, 9.17) is 5.73 Å². The number of carboxylic acids is 1. The predicted molar refractivity (Wildman–Crippen MR) is 75.1 cm³/mol. The molecule has 108 valence electrons. The number of aliphatic carboxylic acids is 1. The standard InChI is InChI=1S/C15H20N2O3/c16-10-15(8-9-15)14(20)17-12(13(18)19)7-6-11-4-2-1-3-5-11/h1-5,12H,6-10,16H2,(H,17,20)(H,18,19)/t12-/m0/s1. The van der Waals surface area contributed by atoms with Gasteiger partial charge in [-0.2, -0.15) is 0 Å². The van der Waals surface area contributed by atoms with Gasteiger partial charge in [-0.25, -0.2) is 4.79 Å². The SMILES string of the molecule is NCC1(C(=O)N[C@@H](CCc2ccccc2)C(=O)O)CC1. The summed E-state index contributed by atoms with van der Waals surface area (Å²) in [6, 6.07) is 8.78. The number of carboxylic acid groups (broad SMARTS) is 1. The highest BCUT2D eigenvalue weighted by Crippen LogP contribution is 2.44. The number of nitrogens with one attached hydrogen (secondary N) is 1. The molecule has 2 rings (SSSR count). The fourth-order valence-corrected chi connectivity index (χ4v) is 2.20. The van der Waals surface area contributed by atoms with Gasteiger partial charge >= 0.3 is 5.97 Å². The van der Waals surface area contributed by atoms with Crippen molar-refractivity contribution in [1.29, 1.82) is 0 Å². The van der Waals surface area contributed by atoms with Crippen LogP contribution in [0.3, 0.4) is 0 Å². The van der Waals surface area contributed by atoms with E-state index in [2.05, 4.69) is 5.32 Å². The van der Waals surface area contributed by atoms with E-state index in [0.29, 0.717) is 12.8 Å². The Morgan fingerprint density at radius 2 is 1.95 bits per heavy atom. The smallest absolute Gasteiger partial charge is 0.326 e. The third kappa shape index (κ3) is 3.36. The number of hydrogen-bond acceptors (Lipinski definition) is 3. The Morgan fingerprint density at radius 3 is 2.45 bits per heavy atom. The number of carbonyl (C=O) groups is 2. The van der Waals surface area contributed by atoms with Crippen molar-refractivity contribution in [3.8, 4) is 0 Å². The minimum absolute atomic E-state index is 0.222. The minimum Gasteiger partial charge on any atom is -0.480 e. The molecule has 4 N–H and O–H groups in total. The lowest BCUT2D eigenvalue weighted by Crippen LogP contribution is -2.46. The van der Waals surface area contributed by atoms with Crippen molar-refractivity contribution >= 4 is 11.9 Å². The normalized spacial score (nSPS) is 17.2. The van der Waals surface area contributed by atoms with E-state index in [-0.39, 0.29) is 12.5 Å². The van der Waals surface area contributed by atoms with Gasteiger partial charge in [0.2, 0.25) is 5.91 Å². The molecule has 1 amide bonds. The fraction of sp³-hybridized carbons (Fsp3) is 0.467. The molecule has 0 bridgehead atoms. The zero-order chi connectivity index (χ0) is 14.6. The highest BCUT2D eigenvalue weighted by molar-refractivity contribution is 5.89. The third-order valence-electron chi connectivity index (χ3n) is 3.89. The number of carbonyl (C=O) groups excluding carboxylic acids is 1. The van der Waals surface area contributed by atoms with E-state index in [0.717, 1.165) is 18.4 Å². The summed E-state index contributed by atoms with van der Waals surface area (Å²) >= 11 is 0. The Morgan fingerprint density at radius 1 is 1.30 bits per heavy atom. The Labute approximate surface area is 118 Å². The van der Waals surface area contributed by atoms with Crippen molar-refractivity contribution in [2.75, 3.05) is 6.54 Å². The number of nitrogens with two attached hydrogens (primary N) is 1. The first-order chi connectivity index (χ1) is 9.57. The van der Waals surface area contributed by atoms with Gasteiger partial charge in [-0.1, -0.05) is 30.3 Å². The van der Waals surface area contributed by atoms with Gasteiger partial charge in [0.15, 0.2) is 0 Å². The zero-order valence-corrected chi connectivity index (χ0v) is 11.3. The summed E-state index contributed by atoms with van der Waals surface area (Å²) in [7, 11) is 0. The molecular formula is C15H20N2O3. The molecule has 1 atom stereocenters. The maximum Gasteiger partial charge on any atom is 0.326 e. The minimum atomic E-state index is -0.998. The predicted octanol–water partition coefficient (Wildman–Crippen LogP) is 0.927. The van der Waals surface area contributed by atoms with Crippen molar-refractivity contribution in [2.45, 2.75) is 31.7 Å². The van der Waals surface area contributed by atoms with Crippen LogP contribution in [-0.2, 0) is 16.0 Å². The second kappa shape index (κ2) is 6.05. The summed E-state index contributed by atoms with van der Waals surface area (Å²) in [5.74, 6) is -1.22. The molecule has 0 heterocycles. The fourth-order valence-electron chi connectivity index (χ4n) is 2.20. The first-order valence-electron chi connectivity index (χ1n) is 6.85. The summed E-state index contributed by atoms with van der Waals surface area (Å²) in [5.41, 5.74) is 6.13. The molecule has 0 radical (unpaired) electrons. The van der Waals surface area contributed by atoms with Crippen LogP contribution in [0.1, 0.15) is 24.8 Å². The van der Waals surface area contributed by atoms with Crippen molar-refractivity contribution < 1.29 is 14.7 Å². The summed E-state index contributed by atoms with van der Waals surface area (Å²) in [6.45, 7) is 0.282. The summed E-state index contributed by atoms with van der Waals surface area (Å²) in [5, 5.41) is 11.8. The molecule has 1 aromatic rings. The molecule has 1 aliphatic rings. The third-order valence-corrected chi connectivity index (χ3v) is 3.89. The van der Waals surface area contributed by atoms with Gasteiger partial charge in [0.1, 0.15) is 6.04 Å². The van der Waals surface area contributed by atoms with Gasteiger partial charge in [0.25, 0.3) is 0 Å². The molecule has 5 heteroatoms. The maximum atomic E-state index is 12.0. The number of aryl methyl sites for hydroxylation is 1. The summed E-state index contributed by atoms with van der Waals surface area (Å²) in [4.78, 5) is 23.3. The molecule has 0 aromatic heterocycles. The van der Waals surface area contributed by atoms with Crippen LogP contribution in [0.4, 0.5) is 0 Å². The largest absolute Gasteiger partial charge is 0.480 e. The van der Waals surface area contributed by atoms with E-state index in [1.165, 1.54) is 0 Å². The zero-order valence-electron chi connectivity index (χ0n) is 11.3. The molecule has 0 spiro atoms. The Kier molecular flexibility index (Phi) is 4.39. The van der Waals surface area contributed by atoms with E-state index >= 15 is 0 Å². The van der Waals surface area contributed by atoms with Gasteiger partial charge < -0.3 is 16.2 Å². The Hall–Kier alpha value is -1.88. The Bertz CT molecular complexity index is 483. The highest BCUT2D eigenvalue weighted by atomic mass is 16.4. The molecule has 1 saturated carbocycles. The van der Waals surface area contributed by atoms with Gasteiger partial charge in [-0.15, -0.1) is 0 Å². The van der Waals surface area contributed by atoms with Crippen molar-refractivity contribution in [3.05, 3.63) is 35.9 Å². The summed E-state index contributed by atoms with van der Waals surface area (Å²) in [6.07, 6.45) is 2.50. The molecular weight excluding hydrogens is 256 g/mol. The van der Waals surface area contributed by atoms with E-state index in [1.54, 1.807) is 0 Å². The average molecular weight is 276 g/mol. The monoisotopic (exact) mass is 276 g/mol. The van der Waals surface area contributed by atoms with Crippen LogP contribution in [0.25, 0.3) is 0 Å². The quantitative estimate of drug-likeness (QED) is 0.690. The highest BCUT2D eigenvalue weighted by Gasteiger charge is 2.49. The average Bonchev–Trinajstić information content (AvgIpc) is 3.25. The second-order valence-corrected chi connectivity index (χ2v) is 5.37. The van der Waals surface area contributed by atoms with Crippen LogP contribution < -0.4 is 11.1 Å². The van der Waals surface area contributed by atoms with Gasteiger partial charge in [0, 0.05) is 6.54 Å². The first-order valence-corrected chi connectivity index (χ1v) is 6.85. The molecule has 1 aromatic carbocycles. The van der Waals surface area contributed by atoms with Crippen LogP contribution in [0.15, 0.2) is 30.3 Å². The lowest BCUT2D eigenvalue weighted by atomic mass is 10.0. The Balaban J connectivity index is 1.91. The van der Waals surface area contributed by atoms with Gasteiger partial charge in [-0.05, 0) is 31.2 Å². The second-order valence-electron chi connectivity index (χ2n) is 5.37. The molecule has 1 aliphatic carbocycles. The van der Waals surface area contributed by atoms with Crippen LogP contribution in [0.2, 0.25) is 0 Å². The first kappa shape index (κ1) is 14.5.